The van der Waals surface area contributed by atoms with Crippen molar-refractivity contribution in [3.8, 4) is 0 Å². The van der Waals surface area contributed by atoms with Gasteiger partial charge in [-0.2, -0.15) is 0 Å². The monoisotopic (exact) mass is 313 g/mol. The van der Waals surface area contributed by atoms with Crippen LogP contribution in [0.1, 0.15) is 36.5 Å². The van der Waals surface area contributed by atoms with Crippen LogP contribution >= 0.6 is 15.9 Å². The summed E-state index contributed by atoms with van der Waals surface area (Å²) in [5.74, 6) is 0.207. The second kappa shape index (κ2) is 5.83. The molecule has 1 fully saturated rings. The number of halogens is 2. The second-order valence-electron chi connectivity index (χ2n) is 4.93. The fourth-order valence-electron chi connectivity index (χ4n) is 2.31. The van der Waals surface area contributed by atoms with E-state index in [1.807, 2.05) is 4.90 Å². The molecule has 0 bridgehead atoms. The lowest BCUT2D eigenvalue weighted by Gasteiger charge is -2.21. The van der Waals surface area contributed by atoms with Crippen molar-refractivity contribution in [2.45, 2.75) is 26.2 Å². The van der Waals surface area contributed by atoms with Crippen LogP contribution < -0.4 is 0 Å². The summed E-state index contributed by atoms with van der Waals surface area (Å²) in [6.45, 7) is 3.75. The van der Waals surface area contributed by atoms with Crippen LogP contribution in [0, 0.1) is 11.7 Å². The third-order valence-electron chi connectivity index (χ3n) is 3.49. The van der Waals surface area contributed by atoms with Crippen molar-refractivity contribution in [3.05, 3.63) is 34.1 Å². The number of carbonyl (C=O) groups is 1. The Morgan fingerprint density at radius 3 is 2.94 bits per heavy atom. The molecule has 0 N–H and O–H groups in total. The van der Waals surface area contributed by atoms with E-state index in [0.29, 0.717) is 11.5 Å². The zero-order chi connectivity index (χ0) is 13.1. The summed E-state index contributed by atoms with van der Waals surface area (Å²) in [6, 6.07) is 4.60. The van der Waals surface area contributed by atoms with Gasteiger partial charge in [-0.25, -0.2) is 4.39 Å². The molecule has 1 aromatic rings. The SMILES string of the molecule is CC1CCCN(C(=O)c2cccc(F)c2Br)CC1. The van der Waals surface area contributed by atoms with E-state index in [2.05, 4.69) is 22.9 Å². The molecule has 2 rings (SSSR count). The van der Waals surface area contributed by atoms with Crippen LogP contribution in [-0.4, -0.2) is 23.9 Å². The average Bonchev–Trinajstić information content (AvgIpc) is 2.57. The van der Waals surface area contributed by atoms with E-state index in [1.54, 1.807) is 12.1 Å². The number of carbonyl (C=O) groups excluding carboxylic acids is 1. The lowest BCUT2D eigenvalue weighted by atomic mass is 10.0. The van der Waals surface area contributed by atoms with Gasteiger partial charge in [0.15, 0.2) is 0 Å². The minimum absolute atomic E-state index is 0.0736. The molecule has 1 aromatic carbocycles. The molecule has 0 radical (unpaired) electrons. The van der Waals surface area contributed by atoms with Gasteiger partial charge in [-0.15, -0.1) is 0 Å². The second-order valence-corrected chi connectivity index (χ2v) is 5.72. The first-order valence-electron chi connectivity index (χ1n) is 6.33. The Kier molecular flexibility index (Phi) is 4.38. The van der Waals surface area contributed by atoms with Crippen molar-refractivity contribution in [2.75, 3.05) is 13.1 Å². The average molecular weight is 314 g/mol. The molecule has 1 saturated heterocycles. The molecule has 1 amide bonds. The highest BCUT2D eigenvalue weighted by Gasteiger charge is 2.22. The first-order chi connectivity index (χ1) is 8.59. The Bertz CT molecular complexity index is 449. The van der Waals surface area contributed by atoms with Gasteiger partial charge in [0.2, 0.25) is 0 Å². The quantitative estimate of drug-likeness (QED) is 0.771. The normalized spacial score (nSPS) is 20.6. The molecule has 0 spiro atoms. The summed E-state index contributed by atoms with van der Waals surface area (Å²) in [5, 5.41) is 0. The molecule has 4 heteroatoms. The van der Waals surface area contributed by atoms with Crippen LogP contribution in [0.5, 0.6) is 0 Å². The molecule has 1 heterocycles. The Labute approximate surface area is 115 Å². The molecule has 98 valence electrons. The van der Waals surface area contributed by atoms with Crippen LogP contribution in [0.2, 0.25) is 0 Å². The highest BCUT2D eigenvalue weighted by molar-refractivity contribution is 9.10. The van der Waals surface area contributed by atoms with Gasteiger partial charge in [0, 0.05) is 13.1 Å². The van der Waals surface area contributed by atoms with Gasteiger partial charge in [0.1, 0.15) is 5.82 Å². The first-order valence-corrected chi connectivity index (χ1v) is 7.12. The van der Waals surface area contributed by atoms with Gasteiger partial charge in [-0.1, -0.05) is 13.0 Å². The molecule has 1 atom stereocenters. The third kappa shape index (κ3) is 2.91. The minimum Gasteiger partial charge on any atom is -0.339 e. The fraction of sp³-hybridized carbons (Fsp3) is 0.500. The summed E-state index contributed by atoms with van der Waals surface area (Å²) >= 11 is 3.16. The number of hydrogen-bond acceptors (Lipinski definition) is 1. The summed E-state index contributed by atoms with van der Waals surface area (Å²) in [6.07, 6.45) is 3.21. The van der Waals surface area contributed by atoms with E-state index < -0.39 is 0 Å². The fourth-order valence-corrected chi connectivity index (χ4v) is 2.74. The molecule has 1 aliphatic heterocycles. The molecule has 1 aliphatic rings. The lowest BCUT2D eigenvalue weighted by molar-refractivity contribution is 0.0759. The van der Waals surface area contributed by atoms with Gasteiger partial charge in [-0.3, -0.25) is 4.79 Å². The Morgan fingerprint density at radius 2 is 2.17 bits per heavy atom. The number of benzene rings is 1. The molecule has 1 unspecified atom stereocenters. The zero-order valence-corrected chi connectivity index (χ0v) is 12.0. The van der Waals surface area contributed by atoms with Crippen molar-refractivity contribution in [3.63, 3.8) is 0 Å². The largest absolute Gasteiger partial charge is 0.339 e. The smallest absolute Gasteiger partial charge is 0.255 e. The standard InChI is InChI=1S/C14H17BrFNO/c1-10-4-3-8-17(9-7-10)14(18)11-5-2-6-12(16)13(11)15/h2,5-6,10H,3-4,7-9H2,1H3. The van der Waals surface area contributed by atoms with Gasteiger partial charge >= 0.3 is 0 Å². The number of amides is 1. The molecule has 0 saturated carbocycles. The molecular weight excluding hydrogens is 297 g/mol. The number of likely N-dealkylation sites (tertiary alicyclic amines) is 1. The van der Waals surface area contributed by atoms with E-state index in [1.165, 1.54) is 6.07 Å². The summed E-state index contributed by atoms with van der Waals surface area (Å²) in [5.41, 5.74) is 0.421. The number of rotatable bonds is 1. The van der Waals surface area contributed by atoms with Gasteiger partial charge < -0.3 is 4.90 Å². The molecule has 2 nitrogen and oxygen atoms in total. The lowest BCUT2D eigenvalue weighted by Crippen LogP contribution is -2.32. The third-order valence-corrected chi connectivity index (χ3v) is 4.29. The van der Waals surface area contributed by atoms with Crippen molar-refractivity contribution < 1.29 is 9.18 Å². The molecule has 0 aliphatic carbocycles. The Morgan fingerprint density at radius 1 is 1.39 bits per heavy atom. The summed E-state index contributed by atoms with van der Waals surface area (Å²) < 4.78 is 13.7. The van der Waals surface area contributed by atoms with Crippen LogP contribution in [-0.2, 0) is 0 Å². The van der Waals surface area contributed by atoms with Crippen molar-refractivity contribution in [1.29, 1.82) is 0 Å². The topological polar surface area (TPSA) is 20.3 Å². The number of nitrogens with zero attached hydrogens (tertiary/aromatic N) is 1. The Hall–Kier alpha value is -0.900. The molecular formula is C14H17BrFNO. The van der Waals surface area contributed by atoms with Crippen molar-refractivity contribution >= 4 is 21.8 Å². The minimum atomic E-state index is -0.385. The molecule has 18 heavy (non-hydrogen) atoms. The van der Waals surface area contributed by atoms with Gasteiger partial charge in [-0.05, 0) is 53.2 Å². The van der Waals surface area contributed by atoms with Gasteiger partial charge in [0.05, 0.1) is 10.0 Å². The highest BCUT2D eigenvalue weighted by atomic mass is 79.9. The van der Waals surface area contributed by atoms with E-state index in [9.17, 15) is 9.18 Å². The Balaban J connectivity index is 2.18. The van der Waals surface area contributed by atoms with Crippen LogP contribution in [0.15, 0.2) is 22.7 Å². The highest BCUT2D eigenvalue weighted by Crippen LogP contribution is 2.24. The van der Waals surface area contributed by atoms with Crippen LogP contribution in [0.4, 0.5) is 4.39 Å². The number of hydrogen-bond donors (Lipinski definition) is 0. The molecule has 0 aromatic heterocycles. The summed E-state index contributed by atoms with van der Waals surface area (Å²) in [7, 11) is 0. The predicted octanol–water partition coefficient (Wildman–Crippen LogP) is 3.85. The van der Waals surface area contributed by atoms with Gasteiger partial charge in [0.25, 0.3) is 5.91 Å². The van der Waals surface area contributed by atoms with E-state index in [4.69, 9.17) is 0 Å². The van der Waals surface area contributed by atoms with E-state index >= 15 is 0 Å². The van der Waals surface area contributed by atoms with E-state index in [-0.39, 0.29) is 16.2 Å². The maximum Gasteiger partial charge on any atom is 0.255 e. The van der Waals surface area contributed by atoms with Crippen molar-refractivity contribution in [1.82, 2.24) is 4.90 Å². The van der Waals surface area contributed by atoms with E-state index in [0.717, 1.165) is 32.4 Å². The zero-order valence-electron chi connectivity index (χ0n) is 10.5. The maximum atomic E-state index is 13.4. The summed E-state index contributed by atoms with van der Waals surface area (Å²) in [4.78, 5) is 14.2. The predicted molar refractivity (Wildman–Crippen MR) is 73.0 cm³/mol. The van der Waals surface area contributed by atoms with Crippen LogP contribution in [0.3, 0.4) is 0 Å². The maximum absolute atomic E-state index is 13.4. The van der Waals surface area contributed by atoms with Crippen molar-refractivity contribution in [2.24, 2.45) is 5.92 Å². The van der Waals surface area contributed by atoms with Crippen LogP contribution in [0.25, 0.3) is 0 Å². The first kappa shape index (κ1) is 13.5.